The molecule has 0 spiro atoms. The molecule has 0 unspecified atom stereocenters. The zero-order valence-corrected chi connectivity index (χ0v) is 9.73. The van der Waals surface area contributed by atoms with E-state index < -0.39 is 17.7 Å². The molecule has 2 N–H and O–H groups in total. The number of benzene rings is 1. The van der Waals surface area contributed by atoms with Crippen LogP contribution in [0.4, 0.5) is 10.1 Å². The molecule has 1 saturated carbocycles. The van der Waals surface area contributed by atoms with Gasteiger partial charge in [0, 0.05) is 11.6 Å². The third-order valence-corrected chi connectivity index (χ3v) is 3.24. The lowest BCUT2D eigenvalue weighted by Gasteiger charge is -2.10. The average Bonchev–Trinajstić information content (AvgIpc) is 2.78. The Hall–Kier alpha value is -1.91. The molecule has 96 valence electrons. The number of hydrogen-bond donors (Lipinski definition) is 2. The van der Waals surface area contributed by atoms with E-state index in [0.717, 1.165) is 0 Å². The zero-order chi connectivity index (χ0) is 13.1. The highest BCUT2D eigenvalue weighted by Gasteiger charge is 2.33. The number of hydrogen-bond acceptors (Lipinski definition) is 2. The smallest absolute Gasteiger partial charge is 0.306 e. The fraction of sp³-hybridized carbons (Fsp3) is 0.385. The van der Waals surface area contributed by atoms with E-state index in [1.807, 2.05) is 0 Å². The van der Waals surface area contributed by atoms with Crippen LogP contribution in [0.5, 0.6) is 0 Å². The summed E-state index contributed by atoms with van der Waals surface area (Å²) in [7, 11) is 0. The molecule has 1 aromatic rings. The molecule has 1 aromatic carbocycles. The van der Waals surface area contributed by atoms with Crippen LogP contribution in [0.15, 0.2) is 24.3 Å². The summed E-state index contributed by atoms with van der Waals surface area (Å²) in [6.07, 6.45) is 1.45. The Bertz CT molecular complexity index is 475. The summed E-state index contributed by atoms with van der Waals surface area (Å²) < 4.78 is 12.9. The highest BCUT2D eigenvalue weighted by molar-refractivity contribution is 5.93. The maximum atomic E-state index is 12.9. The number of nitrogens with one attached hydrogen (secondary N) is 1. The quantitative estimate of drug-likeness (QED) is 0.866. The molecule has 4 nitrogen and oxygen atoms in total. The molecule has 1 aliphatic rings. The summed E-state index contributed by atoms with van der Waals surface area (Å²) in [5.74, 6) is -2.23. The maximum Gasteiger partial charge on any atom is 0.306 e. The van der Waals surface area contributed by atoms with Crippen LogP contribution in [0.2, 0.25) is 0 Å². The molecule has 2 atom stereocenters. The zero-order valence-electron chi connectivity index (χ0n) is 9.73. The number of halogens is 1. The Morgan fingerprint density at radius 3 is 2.61 bits per heavy atom. The molecule has 0 aromatic heterocycles. The molecule has 5 heteroatoms. The van der Waals surface area contributed by atoms with E-state index in [9.17, 15) is 14.0 Å². The average molecular weight is 251 g/mol. The highest BCUT2D eigenvalue weighted by atomic mass is 19.1. The van der Waals surface area contributed by atoms with Gasteiger partial charge in [0.25, 0.3) is 0 Å². The van der Waals surface area contributed by atoms with Crippen LogP contribution in [0.1, 0.15) is 19.3 Å². The fourth-order valence-electron chi connectivity index (χ4n) is 2.25. The first-order chi connectivity index (χ1) is 8.56. The van der Waals surface area contributed by atoms with Crippen molar-refractivity contribution in [2.24, 2.45) is 11.8 Å². The van der Waals surface area contributed by atoms with Crippen LogP contribution in [0.3, 0.4) is 0 Å². The normalized spacial score (nSPS) is 22.7. The van der Waals surface area contributed by atoms with E-state index in [2.05, 4.69) is 5.32 Å². The summed E-state index contributed by atoms with van der Waals surface area (Å²) in [6, 6.07) is 5.65. The van der Waals surface area contributed by atoms with Crippen molar-refractivity contribution in [3.8, 4) is 0 Å². The van der Waals surface area contributed by atoms with Gasteiger partial charge in [-0.15, -0.1) is 0 Å². The minimum atomic E-state index is -0.851. The van der Waals surface area contributed by atoms with Crippen LogP contribution < -0.4 is 5.32 Å². The molecule has 0 aliphatic heterocycles. The van der Waals surface area contributed by atoms with Crippen LogP contribution in [0, 0.1) is 17.7 Å². The largest absolute Gasteiger partial charge is 0.481 e. The van der Waals surface area contributed by atoms with E-state index in [1.165, 1.54) is 18.2 Å². The van der Waals surface area contributed by atoms with Crippen molar-refractivity contribution in [2.75, 3.05) is 5.32 Å². The van der Waals surface area contributed by atoms with Crippen LogP contribution >= 0.6 is 0 Å². The number of carbonyl (C=O) groups is 2. The topological polar surface area (TPSA) is 66.4 Å². The predicted molar refractivity (Wildman–Crippen MR) is 63.5 cm³/mol. The van der Waals surface area contributed by atoms with Gasteiger partial charge in [-0.2, -0.15) is 0 Å². The summed E-state index contributed by atoms with van der Waals surface area (Å²) in [5.41, 5.74) is 0.402. The van der Waals surface area contributed by atoms with Gasteiger partial charge in [0.15, 0.2) is 0 Å². The van der Waals surface area contributed by atoms with Crippen molar-refractivity contribution < 1.29 is 19.1 Å². The Morgan fingerprint density at radius 1 is 1.28 bits per heavy atom. The lowest BCUT2D eigenvalue weighted by Crippen LogP contribution is -2.21. The summed E-state index contributed by atoms with van der Waals surface area (Å²) in [5, 5.41) is 11.5. The van der Waals surface area contributed by atoms with Crippen LogP contribution in [-0.2, 0) is 9.59 Å². The summed E-state index contributed by atoms with van der Waals surface area (Å²) in [4.78, 5) is 22.7. The second-order valence-corrected chi connectivity index (χ2v) is 4.54. The molecule has 0 heterocycles. The predicted octanol–water partition coefficient (Wildman–Crippen LogP) is 2.27. The van der Waals surface area contributed by atoms with Gasteiger partial charge in [0.1, 0.15) is 5.82 Å². The monoisotopic (exact) mass is 251 g/mol. The van der Waals surface area contributed by atoms with Gasteiger partial charge >= 0.3 is 5.97 Å². The lowest BCUT2D eigenvalue weighted by molar-refractivity contribution is -0.141. The SMILES string of the molecule is O=C(O)[C@H]1CC[C@@H](C(=O)Nc2cccc(F)c2)C1. The molecule has 0 radical (unpaired) electrons. The number of rotatable bonds is 3. The van der Waals surface area contributed by atoms with Crippen molar-refractivity contribution in [1.29, 1.82) is 0 Å². The van der Waals surface area contributed by atoms with Gasteiger partial charge in [-0.1, -0.05) is 6.07 Å². The number of aliphatic carboxylic acids is 1. The van der Waals surface area contributed by atoms with E-state index in [-0.39, 0.29) is 11.8 Å². The summed E-state index contributed by atoms with van der Waals surface area (Å²) in [6.45, 7) is 0. The molecular weight excluding hydrogens is 237 g/mol. The van der Waals surface area contributed by atoms with Crippen molar-refractivity contribution in [3.63, 3.8) is 0 Å². The third-order valence-electron chi connectivity index (χ3n) is 3.24. The van der Waals surface area contributed by atoms with Gasteiger partial charge in [-0.3, -0.25) is 9.59 Å². The molecule has 0 saturated heterocycles. The minimum Gasteiger partial charge on any atom is -0.481 e. The number of carboxylic acids is 1. The van der Waals surface area contributed by atoms with Gasteiger partial charge < -0.3 is 10.4 Å². The number of amides is 1. The van der Waals surface area contributed by atoms with Gasteiger partial charge in [-0.25, -0.2) is 4.39 Å². The Labute approximate surface area is 104 Å². The van der Waals surface area contributed by atoms with Crippen LogP contribution in [0.25, 0.3) is 0 Å². The molecular formula is C13H14FNO3. The van der Waals surface area contributed by atoms with Crippen molar-refractivity contribution in [2.45, 2.75) is 19.3 Å². The summed E-state index contributed by atoms with van der Waals surface area (Å²) >= 11 is 0. The number of carboxylic acid groups (broad SMARTS) is 1. The number of carbonyl (C=O) groups excluding carboxylic acids is 1. The Morgan fingerprint density at radius 2 is 2.00 bits per heavy atom. The van der Waals surface area contributed by atoms with E-state index in [4.69, 9.17) is 5.11 Å². The van der Waals surface area contributed by atoms with Gasteiger partial charge in [-0.05, 0) is 37.5 Å². The molecule has 1 fully saturated rings. The van der Waals surface area contributed by atoms with Gasteiger partial charge in [0.2, 0.25) is 5.91 Å². The highest BCUT2D eigenvalue weighted by Crippen LogP contribution is 2.31. The third kappa shape index (κ3) is 2.85. The minimum absolute atomic E-state index is 0.232. The molecule has 1 aliphatic carbocycles. The Kier molecular flexibility index (Phi) is 3.60. The molecule has 2 rings (SSSR count). The molecule has 0 bridgehead atoms. The molecule has 1 amide bonds. The van der Waals surface area contributed by atoms with Crippen molar-refractivity contribution >= 4 is 17.6 Å². The maximum absolute atomic E-state index is 12.9. The van der Waals surface area contributed by atoms with Crippen LogP contribution in [-0.4, -0.2) is 17.0 Å². The van der Waals surface area contributed by atoms with Crippen molar-refractivity contribution in [1.82, 2.24) is 0 Å². The standard InChI is InChI=1S/C13H14FNO3/c14-10-2-1-3-11(7-10)15-12(16)8-4-5-9(6-8)13(17)18/h1-3,7-9H,4-6H2,(H,15,16)(H,17,18)/t8-,9+/m1/s1. The first kappa shape index (κ1) is 12.5. The lowest BCUT2D eigenvalue weighted by atomic mass is 10.0. The number of anilines is 1. The Balaban J connectivity index is 1.95. The molecule has 18 heavy (non-hydrogen) atoms. The van der Waals surface area contributed by atoms with E-state index >= 15 is 0 Å². The van der Waals surface area contributed by atoms with Crippen molar-refractivity contribution in [3.05, 3.63) is 30.1 Å². The van der Waals surface area contributed by atoms with E-state index in [0.29, 0.717) is 24.9 Å². The second kappa shape index (κ2) is 5.16. The fourth-order valence-corrected chi connectivity index (χ4v) is 2.25. The van der Waals surface area contributed by atoms with Gasteiger partial charge in [0.05, 0.1) is 5.92 Å². The van der Waals surface area contributed by atoms with E-state index in [1.54, 1.807) is 6.07 Å². The first-order valence-electron chi connectivity index (χ1n) is 5.85. The second-order valence-electron chi connectivity index (χ2n) is 4.54. The first-order valence-corrected chi connectivity index (χ1v) is 5.85.